The van der Waals surface area contributed by atoms with E-state index >= 15 is 0 Å². The summed E-state index contributed by atoms with van der Waals surface area (Å²) in [6.07, 6.45) is 2.07. The zero-order chi connectivity index (χ0) is 40.3. The van der Waals surface area contributed by atoms with Gasteiger partial charge in [0.15, 0.2) is 0 Å². The molecule has 24 nitrogen and oxygen atoms in total. The molecule has 10 N–H and O–H groups in total. The number of likely N-dealkylation sites (tertiary alicyclic amines) is 1. The molecule has 3 fully saturated rings. The van der Waals surface area contributed by atoms with Crippen LogP contribution in [0.5, 0.6) is 0 Å². The molecule has 0 saturated carbocycles. The highest BCUT2D eigenvalue weighted by Gasteiger charge is 2.37. The number of nitrogens with zero attached hydrogens (tertiary/aromatic N) is 2. The van der Waals surface area contributed by atoms with E-state index in [9.17, 15) is 57.5 Å². The Kier molecular flexibility index (Phi) is 17.2. The Morgan fingerprint density at radius 2 is 0.818 bits per heavy atom. The Bertz CT molecular complexity index is 1530. The van der Waals surface area contributed by atoms with Crippen molar-refractivity contribution in [1.29, 1.82) is 0 Å². The van der Waals surface area contributed by atoms with Crippen LogP contribution in [0, 0.1) is 0 Å². The van der Waals surface area contributed by atoms with E-state index in [4.69, 9.17) is 0 Å². The van der Waals surface area contributed by atoms with E-state index in [-0.39, 0.29) is 13.0 Å². The molecule has 12 amide bonds. The maximum atomic E-state index is 13.2. The summed E-state index contributed by atoms with van der Waals surface area (Å²) in [5.41, 5.74) is 0. The molecule has 3 aliphatic heterocycles. The molecule has 55 heavy (non-hydrogen) atoms. The molecule has 0 aromatic carbocycles. The van der Waals surface area contributed by atoms with Gasteiger partial charge in [0.05, 0.1) is 65.3 Å². The van der Waals surface area contributed by atoms with Crippen LogP contribution in [0.4, 0.5) is 0 Å². The summed E-state index contributed by atoms with van der Waals surface area (Å²) < 4.78 is 0. The summed E-state index contributed by atoms with van der Waals surface area (Å²) in [5, 5.41) is 22.8. The van der Waals surface area contributed by atoms with Crippen LogP contribution in [0.15, 0.2) is 0 Å². The lowest BCUT2D eigenvalue weighted by atomic mass is 10.0. The largest absolute Gasteiger partial charge is 0.347 e. The fraction of sp³-hybridized carbons (Fsp3) is 0.613. The van der Waals surface area contributed by atoms with Crippen LogP contribution in [0.1, 0.15) is 32.1 Å². The predicted octanol–water partition coefficient (Wildman–Crippen LogP) is -8.47. The third kappa shape index (κ3) is 15.6. The average molecular weight is 779 g/mol. The second-order valence-corrected chi connectivity index (χ2v) is 12.5. The van der Waals surface area contributed by atoms with E-state index in [0.717, 1.165) is 19.3 Å². The van der Waals surface area contributed by atoms with E-state index in [1.54, 1.807) is 0 Å². The highest BCUT2D eigenvalue weighted by atomic mass is 16.2. The van der Waals surface area contributed by atoms with Gasteiger partial charge < -0.3 is 63.0 Å². The number of carbonyl (C=O) groups is 12. The summed E-state index contributed by atoms with van der Waals surface area (Å²) in [7, 11) is 0. The molecule has 0 spiro atoms. The number of rotatable bonds is 1. The first-order chi connectivity index (χ1) is 26.2. The van der Waals surface area contributed by atoms with Crippen molar-refractivity contribution in [3.05, 3.63) is 0 Å². The number of hydrogen-bond donors (Lipinski definition) is 10. The van der Waals surface area contributed by atoms with Gasteiger partial charge in [0.2, 0.25) is 70.9 Å². The standard InChI is InChI=1S/C31H46N12O12/c44-20-8-18(31(55)42-5-2-1-3-6-42)41-28(52)16-38-25(49)13-35-23(47)11-33-22(46)10-34-24(48)12-37-27(51)15-40-30(54)19-4-7-43(19)29(53)17-39-26(50)14-36-21(45)9-32-20/h18-19H,1-17H2,(H,32,44)(H,33,46)(H,34,48)(H,35,47)(H,36,45)(H,37,51)(H,38,49)(H,39,50)(H,40,54)(H,41,52). The number of nitrogens with one attached hydrogen (secondary N) is 10. The maximum absolute atomic E-state index is 13.2. The van der Waals surface area contributed by atoms with Crippen LogP contribution in [0.2, 0.25) is 0 Å². The molecule has 3 aliphatic rings. The van der Waals surface area contributed by atoms with Crippen LogP contribution >= 0.6 is 0 Å². The van der Waals surface area contributed by atoms with Crippen LogP contribution in [0.25, 0.3) is 0 Å². The first-order valence-corrected chi connectivity index (χ1v) is 17.5. The molecule has 302 valence electrons. The van der Waals surface area contributed by atoms with Gasteiger partial charge in [-0.1, -0.05) is 0 Å². The second kappa shape index (κ2) is 22.0. The molecule has 3 saturated heterocycles. The molecule has 3 heterocycles. The zero-order valence-electron chi connectivity index (χ0n) is 30.0. The maximum Gasteiger partial charge on any atom is 0.245 e. The highest BCUT2D eigenvalue weighted by Crippen LogP contribution is 2.17. The topological polar surface area (TPSA) is 332 Å². The van der Waals surface area contributed by atoms with E-state index in [1.807, 2.05) is 0 Å². The lowest BCUT2D eigenvalue weighted by Crippen LogP contribution is -2.60. The number of fused-ring (bicyclic) bond motifs is 1. The number of hydrogen-bond acceptors (Lipinski definition) is 12. The van der Waals surface area contributed by atoms with Gasteiger partial charge in [0, 0.05) is 19.6 Å². The molecule has 0 aliphatic carbocycles. The number of carbonyl (C=O) groups excluding carboxylic acids is 12. The summed E-state index contributed by atoms with van der Waals surface area (Å²) in [6.45, 7) is -4.05. The van der Waals surface area contributed by atoms with Crippen LogP contribution < -0.4 is 53.2 Å². The molecule has 0 bridgehead atoms. The van der Waals surface area contributed by atoms with Crippen LogP contribution in [-0.2, 0) is 57.5 Å². The number of piperidine rings is 1. The molecule has 2 atom stereocenters. The molecule has 2 unspecified atom stereocenters. The Labute approximate surface area is 314 Å². The molecule has 0 aromatic rings. The first-order valence-electron chi connectivity index (χ1n) is 17.5. The molecular formula is C31H46N12O12. The van der Waals surface area contributed by atoms with Crippen LogP contribution in [-0.4, -0.2) is 171 Å². The van der Waals surface area contributed by atoms with Gasteiger partial charge in [-0.15, -0.1) is 0 Å². The Morgan fingerprint density at radius 3 is 1.24 bits per heavy atom. The van der Waals surface area contributed by atoms with Crippen molar-refractivity contribution in [2.24, 2.45) is 0 Å². The normalized spacial score (nSPS) is 23.5. The van der Waals surface area contributed by atoms with Gasteiger partial charge >= 0.3 is 0 Å². The van der Waals surface area contributed by atoms with Crippen molar-refractivity contribution in [2.75, 3.05) is 78.5 Å². The summed E-state index contributed by atoms with van der Waals surface area (Å²) >= 11 is 0. The third-order valence-corrected chi connectivity index (χ3v) is 8.32. The lowest BCUT2D eigenvalue weighted by Gasteiger charge is -2.39. The quantitative estimate of drug-likeness (QED) is 0.119. The smallest absolute Gasteiger partial charge is 0.245 e. The minimum Gasteiger partial charge on any atom is -0.347 e. The Hall–Kier alpha value is -6.36. The van der Waals surface area contributed by atoms with Crippen molar-refractivity contribution < 1.29 is 57.5 Å². The van der Waals surface area contributed by atoms with Crippen molar-refractivity contribution in [3.8, 4) is 0 Å². The zero-order valence-corrected chi connectivity index (χ0v) is 30.0. The van der Waals surface area contributed by atoms with Crippen molar-refractivity contribution >= 4 is 70.9 Å². The fourth-order valence-electron chi connectivity index (χ4n) is 5.25. The summed E-state index contributed by atoms with van der Waals surface area (Å²) in [6, 6.07) is -2.26. The highest BCUT2D eigenvalue weighted by molar-refractivity contribution is 5.97. The minimum absolute atomic E-state index is 0.207. The van der Waals surface area contributed by atoms with Gasteiger partial charge in [-0.2, -0.15) is 0 Å². The van der Waals surface area contributed by atoms with Gasteiger partial charge in [-0.3, -0.25) is 57.5 Å². The van der Waals surface area contributed by atoms with Gasteiger partial charge in [0.1, 0.15) is 12.1 Å². The van der Waals surface area contributed by atoms with E-state index < -0.39 is 148 Å². The average Bonchev–Trinajstić information content (AvgIpc) is 3.15. The summed E-state index contributed by atoms with van der Waals surface area (Å²) in [4.78, 5) is 151. The van der Waals surface area contributed by atoms with Gasteiger partial charge in [0.25, 0.3) is 0 Å². The minimum atomic E-state index is -1.35. The summed E-state index contributed by atoms with van der Waals surface area (Å²) in [5.74, 6) is -8.81. The Balaban J connectivity index is 1.59. The SMILES string of the molecule is O=C1CNC(=O)CNC(=O)CNC(=O)C2CCN2C(=O)CNC(=O)CNC(=O)CNC(=O)CC(C(=O)N2CCCCC2)NC(=O)CNC(=O)CNC(=O)CN1. The molecule has 0 aromatic heterocycles. The molecule has 0 radical (unpaired) electrons. The van der Waals surface area contributed by atoms with E-state index in [2.05, 4.69) is 53.2 Å². The number of amides is 12. The fourth-order valence-corrected chi connectivity index (χ4v) is 5.25. The predicted molar refractivity (Wildman–Crippen MR) is 184 cm³/mol. The van der Waals surface area contributed by atoms with Crippen LogP contribution in [0.3, 0.4) is 0 Å². The van der Waals surface area contributed by atoms with Crippen molar-refractivity contribution in [3.63, 3.8) is 0 Å². The van der Waals surface area contributed by atoms with E-state index in [1.165, 1.54) is 9.80 Å². The van der Waals surface area contributed by atoms with E-state index in [0.29, 0.717) is 13.1 Å². The van der Waals surface area contributed by atoms with Crippen molar-refractivity contribution in [1.82, 2.24) is 63.0 Å². The second-order valence-electron chi connectivity index (χ2n) is 12.5. The Morgan fingerprint density at radius 1 is 0.436 bits per heavy atom. The molecule has 24 heteroatoms. The van der Waals surface area contributed by atoms with Gasteiger partial charge in [-0.25, -0.2) is 0 Å². The molecular weight excluding hydrogens is 732 g/mol. The third-order valence-electron chi connectivity index (χ3n) is 8.32. The first kappa shape index (κ1) is 43.0. The molecule has 3 rings (SSSR count). The van der Waals surface area contributed by atoms with Gasteiger partial charge in [-0.05, 0) is 25.7 Å². The monoisotopic (exact) mass is 778 g/mol. The van der Waals surface area contributed by atoms with Crippen molar-refractivity contribution in [2.45, 2.75) is 44.2 Å². The lowest BCUT2D eigenvalue weighted by molar-refractivity contribution is -0.147.